The molecule has 1 aromatic heterocycles. The number of ether oxygens (including phenoxy) is 2. The Balaban J connectivity index is 2.57. The van der Waals surface area contributed by atoms with Gasteiger partial charge in [0, 0.05) is 40.3 Å². The van der Waals surface area contributed by atoms with Crippen LogP contribution in [0.1, 0.15) is 19.0 Å². The van der Waals surface area contributed by atoms with Gasteiger partial charge in [-0.3, -0.25) is 4.68 Å². The smallest absolute Gasteiger partial charge is 0.159 e. The number of aromatic nitrogens is 2. The van der Waals surface area contributed by atoms with Crippen LogP contribution in [-0.4, -0.2) is 41.0 Å². The minimum Gasteiger partial charge on any atom is -0.390 e. The first kappa shape index (κ1) is 13.2. The third-order valence-electron chi connectivity index (χ3n) is 2.46. The highest BCUT2D eigenvalue weighted by molar-refractivity contribution is 5.03. The maximum Gasteiger partial charge on any atom is 0.159 e. The van der Waals surface area contributed by atoms with Gasteiger partial charge in [0.05, 0.1) is 11.3 Å². The zero-order valence-electron chi connectivity index (χ0n) is 10.3. The lowest BCUT2D eigenvalue weighted by Crippen LogP contribution is -2.34. The number of aryl methyl sites for hydroxylation is 1. The SMILES string of the molecule is COC(CC(C)(O)Cc1ccn(C)n1)OC. The van der Waals surface area contributed by atoms with Crippen molar-refractivity contribution >= 4 is 0 Å². The average molecular weight is 228 g/mol. The molecule has 16 heavy (non-hydrogen) atoms. The molecule has 0 radical (unpaired) electrons. The van der Waals surface area contributed by atoms with Crippen molar-refractivity contribution in [2.75, 3.05) is 14.2 Å². The van der Waals surface area contributed by atoms with Crippen molar-refractivity contribution in [3.63, 3.8) is 0 Å². The van der Waals surface area contributed by atoms with Crippen molar-refractivity contribution in [2.45, 2.75) is 31.7 Å². The largest absolute Gasteiger partial charge is 0.390 e. The van der Waals surface area contributed by atoms with Gasteiger partial charge in [-0.05, 0) is 13.0 Å². The maximum atomic E-state index is 10.2. The predicted octanol–water partition coefficient (Wildman–Crippen LogP) is 0.723. The van der Waals surface area contributed by atoms with Gasteiger partial charge in [-0.1, -0.05) is 0 Å². The summed E-state index contributed by atoms with van der Waals surface area (Å²) in [5, 5.41) is 14.4. The van der Waals surface area contributed by atoms with Crippen LogP contribution in [0.5, 0.6) is 0 Å². The topological polar surface area (TPSA) is 56.5 Å². The Morgan fingerprint density at radius 2 is 2.12 bits per heavy atom. The molecule has 1 rings (SSSR count). The summed E-state index contributed by atoms with van der Waals surface area (Å²) >= 11 is 0. The first-order chi connectivity index (χ1) is 7.46. The fraction of sp³-hybridized carbons (Fsp3) is 0.727. The van der Waals surface area contributed by atoms with E-state index in [0.717, 1.165) is 5.69 Å². The van der Waals surface area contributed by atoms with Gasteiger partial charge in [0.15, 0.2) is 6.29 Å². The molecule has 0 aliphatic carbocycles. The van der Waals surface area contributed by atoms with Gasteiger partial charge in [-0.15, -0.1) is 0 Å². The number of hydrogen-bond acceptors (Lipinski definition) is 4. The quantitative estimate of drug-likeness (QED) is 0.729. The number of hydrogen-bond donors (Lipinski definition) is 1. The molecule has 0 fully saturated rings. The highest BCUT2D eigenvalue weighted by atomic mass is 16.7. The predicted molar refractivity (Wildman–Crippen MR) is 60.0 cm³/mol. The fourth-order valence-corrected chi connectivity index (χ4v) is 1.64. The van der Waals surface area contributed by atoms with Crippen molar-refractivity contribution in [2.24, 2.45) is 7.05 Å². The average Bonchev–Trinajstić information content (AvgIpc) is 2.59. The number of methoxy groups -OCH3 is 2. The summed E-state index contributed by atoms with van der Waals surface area (Å²) in [5.74, 6) is 0. The maximum absolute atomic E-state index is 10.2. The van der Waals surface area contributed by atoms with Crippen LogP contribution >= 0.6 is 0 Å². The Bertz CT molecular complexity index is 319. The lowest BCUT2D eigenvalue weighted by Gasteiger charge is -2.26. The minimum atomic E-state index is -0.884. The van der Waals surface area contributed by atoms with Crippen molar-refractivity contribution in [3.8, 4) is 0 Å². The number of aliphatic hydroxyl groups is 1. The molecule has 1 unspecified atom stereocenters. The van der Waals surface area contributed by atoms with E-state index >= 15 is 0 Å². The molecule has 0 aliphatic rings. The molecule has 0 bridgehead atoms. The molecule has 1 atom stereocenters. The van der Waals surface area contributed by atoms with Gasteiger partial charge in [0.1, 0.15) is 0 Å². The second kappa shape index (κ2) is 5.43. The van der Waals surface area contributed by atoms with E-state index in [1.807, 2.05) is 19.3 Å². The molecule has 0 saturated carbocycles. The van der Waals surface area contributed by atoms with E-state index < -0.39 is 11.9 Å². The molecule has 0 amide bonds. The monoisotopic (exact) mass is 228 g/mol. The van der Waals surface area contributed by atoms with Crippen LogP contribution in [0.2, 0.25) is 0 Å². The van der Waals surface area contributed by atoms with Crippen LogP contribution < -0.4 is 0 Å². The Kier molecular flexibility index (Phi) is 4.46. The molecule has 5 heteroatoms. The summed E-state index contributed by atoms with van der Waals surface area (Å²) in [6.45, 7) is 1.76. The van der Waals surface area contributed by atoms with Gasteiger partial charge < -0.3 is 14.6 Å². The van der Waals surface area contributed by atoms with Crippen LogP contribution in [0.25, 0.3) is 0 Å². The van der Waals surface area contributed by atoms with Gasteiger partial charge in [-0.25, -0.2) is 0 Å². The van der Waals surface area contributed by atoms with E-state index in [0.29, 0.717) is 12.8 Å². The van der Waals surface area contributed by atoms with Crippen LogP contribution in [0.15, 0.2) is 12.3 Å². The zero-order chi connectivity index (χ0) is 12.2. The summed E-state index contributed by atoms with van der Waals surface area (Å²) in [6.07, 6.45) is 2.36. The molecule has 5 nitrogen and oxygen atoms in total. The molecule has 1 heterocycles. The Morgan fingerprint density at radius 1 is 1.50 bits per heavy atom. The molecule has 92 valence electrons. The van der Waals surface area contributed by atoms with Gasteiger partial charge >= 0.3 is 0 Å². The summed E-state index contributed by atoms with van der Waals surface area (Å²) < 4.78 is 11.9. The molecule has 1 N–H and O–H groups in total. The highest BCUT2D eigenvalue weighted by Crippen LogP contribution is 2.19. The van der Waals surface area contributed by atoms with Crippen molar-refractivity contribution in [3.05, 3.63) is 18.0 Å². The van der Waals surface area contributed by atoms with E-state index in [2.05, 4.69) is 5.10 Å². The molecular weight excluding hydrogens is 208 g/mol. The molecule has 1 aromatic rings. The van der Waals surface area contributed by atoms with E-state index in [1.165, 1.54) is 0 Å². The summed E-state index contributed by atoms with van der Waals surface area (Å²) in [5.41, 5.74) is -0.0242. The second-order valence-corrected chi connectivity index (χ2v) is 4.26. The normalized spacial score (nSPS) is 15.4. The van der Waals surface area contributed by atoms with Crippen LogP contribution in [0.3, 0.4) is 0 Å². The van der Waals surface area contributed by atoms with Crippen LogP contribution in [0, 0.1) is 0 Å². The van der Waals surface area contributed by atoms with E-state index in [1.54, 1.807) is 25.8 Å². The molecule has 0 spiro atoms. The Labute approximate surface area is 96.0 Å². The first-order valence-electron chi connectivity index (χ1n) is 5.23. The van der Waals surface area contributed by atoms with E-state index in [-0.39, 0.29) is 0 Å². The van der Waals surface area contributed by atoms with Gasteiger partial charge in [0.25, 0.3) is 0 Å². The molecule has 0 aromatic carbocycles. The van der Waals surface area contributed by atoms with Crippen molar-refractivity contribution in [1.82, 2.24) is 9.78 Å². The highest BCUT2D eigenvalue weighted by Gasteiger charge is 2.26. The van der Waals surface area contributed by atoms with Crippen LogP contribution in [0.4, 0.5) is 0 Å². The summed E-state index contributed by atoms with van der Waals surface area (Å²) in [7, 11) is 4.97. The third kappa shape index (κ3) is 3.92. The van der Waals surface area contributed by atoms with Crippen molar-refractivity contribution in [1.29, 1.82) is 0 Å². The minimum absolute atomic E-state index is 0.390. The standard InChI is InChI=1S/C11H20N2O3/c1-11(14,8-10(15-3)16-4)7-9-5-6-13(2)12-9/h5-6,10,14H,7-8H2,1-4H3. The lowest BCUT2D eigenvalue weighted by atomic mass is 9.96. The lowest BCUT2D eigenvalue weighted by molar-refractivity contribution is -0.139. The molecule has 0 aliphatic heterocycles. The number of rotatable bonds is 6. The molecule has 0 saturated heterocycles. The van der Waals surface area contributed by atoms with E-state index in [4.69, 9.17) is 9.47 Å². The van der Waals surface area contributed by atoms with E-state index in [9.17, 15) is 5.11 Å². The summed E-state index contributed by atoms with van der Waals surface area (Å²) in [4.78, 5) is 0. The molecular formula is C11H20N2O3. The van der Waals surface area contributed by atoms with Gasteiger partial charge in [0.2, 0.25) is 0 Å². The Morgan fingerprint density at radius 3 is 2.56 bits per heavy atom. The Hall–Kier alpha value is -0.910. The second-order valence-electron chi connectivity index (χ2n) is 4.26. The van der Waals surface area contributed by atoms with Crippen LogP contribution in [-0.2, 0) is 22.9 Å². The zero-order valence-corrected chi connectivity index (χ0v) is 10.3. The first-order valence-corrected chi connectivity index (χ1v) is 5.23. The summed E-state index contributed by atoms with van der Waals surface area (Å²) in [6, 6.07) is 1.89. The fourth-order valence-electron chi connectivity index (χ4n) is 1.64. The van der Waals surface area contributed by atoms with Crippen molar-refractivity contribution < 1.29 is 14.6 Å². The number of nitrogens with zero attached hydrogens (tertiary/aromatic N) is 2. The van der Waals surface area contributed by atoms with Gasteiger partial charge in [-0.2, -0.15) is 5.10 Å². The third-order valence-corrected chi connectivity index (χ3v) is 2.46.